The Hall–Kier alpha value is -0.420. The number of hydrogen-bond donors (Lipinski definition) is 2. The Balaban J connectivity index is 2.97. The molecule has 0 saturated carbocycles. The van der Waals surface area contributed by atoms with E-state index in [4.69, 9.17) is 0 Å². The second kappa shape index (κ2) is 5.71. The minimum absolute atomic E-state index is 0.253. The van der Waals surface area contributed by atoms with Crippen molar-refractivity contribution < 1.29 is 14.3 Å². The van der Waals surface area contributed by atoms with Gasteiger partial charge in [0, 0.05) is 7.11 Å². The summed E-state index contributed by atoms with van der Waals surface area (Å²) in [5, 5.41) is 0. The highest BCUT2D eigenvalue weighted by atomic mass is 32.1. The summed E-state index contributed by atoms with van der Waals surface area (Å²) in [6.45, 7) is 0.657. The number of ether oxygens (including phenoxy) is 2. The standard InChI is InChI=1S/C4H9NO3S/c1-7-2-3-8-4(6)5-9/h9H,2-3H2,1H3,(H,5,6). The third kappa shape index (κ3) is 5.45. The van der Waals surface area contributed by atoms with Gasteiger partial charge < -0.3 is 9.47 Å². The van der Waals surface area contributed by atoms with Crippen LogP contribution in [-0.2, 0) is 9.47 Å². The van der Waals surface area contributed by atoms with Gasteiger partial charge in [0.2, 0.25) is 0 Å². The van der Waals surface area contributed by atoms with Crippen molar-refractivity contribution >= 4 is 18.9 Å². The molecule has 0 fully saturated rings. The summed E-state index contributed by atoms with van der Waals surface area (Å²) in [5.74, 6) is 0. The van der Waals surface area contributed by atoms with Crippen LogP contribution in [0.1, 0.15) is 0 Å². The average Bonchev–Trinajstić information content (AvgIpc) is 1.89. The van der Waals surface area contributed by atoms with Gasteiger partial charge in [0.1, 0.15) is 6.61 Å². The Labute approximate surface area is 59.1 Å². The minimum atomic E-state index is -0.560. The van der Waals surface area contributed by atoms with Crippen molar-refractivity contribution in [3.63, 3.8) is 0 Å². The van der Waals surface area contributed by atoms with Gasteiger partial charge in [-0.15, -0.1) is 0 Å². The first-order valence-corrected chi connectivity index (χ1v) is 2.81. The molecular formula is C4H9NO3S. The fourth-order valence-corrected chi connectivity index (χ4v) is 0.315. The second-order valence-electron chi connectivity index (χ2n) is 1.24. The molecular weight excluding hydrogens is 142 g/mol. The van der Waals surface area contributed by atoms with Gasteiger partial charge >= 0.3 is 6.09 Å². The Morgan fingerprint density at radius 2 is 2.33 bits per heavy atom. The highest BCUT2D eigenvalue weighted by Gasteiger charge is 1.94. The van der Waals surface area contributed by atoms with Crippen LogP contribution in [0.5, 0.6) is 0 Å². The number of nitrogens with one attached hydrogen (secondary N) is 1. The molecule has 1 N–H and O–H groups in total. The van der Waals surface area contributed by atoms with Crippen LogP contribution in [0.4, 0.5) is 4.79 Å². The van der Waals surface area contributed by atoms with Crippen molar-refractivity contribution in [2.75, 3.05) is 20.3 Å². The van der Waals surface area contributed by atoms with Crippen LogP contribution >= 0.6 is 12.8 Å². The molecule has 0 rings (SSSR count). The van der Waals surface area contributed by atoms with Crippen molar-refractivity contribution in [1.82, 2.24) is 4.72 Å². The van der Waals surface area contributed by atoms with E-state index in [1.807, 2.05) is 4.72 Å². The molecule has 0 radical (unpaired) electrons. The third-order valence-corrected chi connectivity index (χ3v) is 0.794. The van der Waals surface area contributed by atoms with Crippen LogP contribution in [0.2, 0.25) is 0 Å². The molecule has 0 aliphatic heterocycles. The van der Waals surface area contributed by atoms with Crippen molar-refractivity contribution in [3.05, 3.63) is 0 Å². The fourth-order valence-electron chi connectivity index (χ4n) is 0.250. The van der Waals surface area contributed by atoms with Gasteiger partial charge in [0.15, 0.2) is 0 Å². The first-order chi connectivity index (χ1) is 4.31. The molecule has 0 bridgehead atoms. The molecule has 0 aromatic heterocycles. The van der Waals surface area contributed by atoms with Crippen LogP contribution in [-0.4, -0.2) is 26.4 Å². The van der Waals surface area contributed by atoms with E-state index in [1.165, 1.54) is 7.11 Å². The van der Waals surface area contributed by atoms with Crippen LogP contribution in [0.25, 0.3) is 0 Å². The summed E-state index contributed by atoms with van der Waals surface area (Å²) in [6, 6.07) is 0. The zero-order chi connectivity index (χ0) is 7.11. The van der Waals surface area contributed by atoms with Crippen molar-refractivity contribution in [1.29, 1.82) is 0 Å². The first kappa shape index (κ1) is 8.58. The van der Waals surface area contributed by atoms with Gasteiger partial charge in [-0.2, -0.15) is 0 Å². The maximum Gasteiger partial charge on any atom is 0.417 e. The molecule has 0 aliphatic rings. The number of carbonyl (C=O) groups excluding carboxylic acids is 1. The topological polar surface area (TPSA) is 47.6 Å². The Bertz CT molecular complexity index is 87.9. The van der Waals surface area contributed by atoms with Gasteiger partial charge in [-0.25, -0.2) is 4.79 Å². The molecule has 0 unspecified atom stereocenters. The molecule has 0 aromatic rings. The van der Waals surface area contributed by atoms with Gasteiger partial charge in [-0.1, -0.05) is 12.8 Å². The summed E-state index contributed by atoms with van der Waals surface area (Å²) >= 11 is 3.45. The highest BCUT2D eigenvalue weighted by Crippen LogP contribution is 1.77. The summed E-state index contributed by atoms with van der Waals surface area (Å²) in [7, 11) is 1.53. The SMILES string of the molecule is COCCOC(=O)NS. The quantitative estimate of drug-likeness (QED) is 0.447. The van der Waals surface area contributed by atoms with E-state index >= 15 is 0 Å². The van der Waals surface area contributed by atoms with E-state index in [9.17, 15) is 4.79 Å². The lowest BCUT2D eigenvalue weighted by molar-refractivity contribution is 0.103. The van der Waals surface area contributed by atoms with E-state index in [0.717, 1.165) is 0 Å². The molecule has 1 amide bonds. The fraction of sp³-hybridized carbons (Fsp3) is 0.750. The number of methoxy groups -OCH3 is 1. The smallest absolute Gasteiger partial charge is 0.417 e. The molecule has 0 aromatic carbocycles. The predicted molar refractivity (Wildman–Crippen MR) is 35.3 cm³/mol. The average molecular weight is 151 g/mol. The van der Waals surface area contributed by atoms with E-state index in [2.05, 4.69) is 22.3 Å². The summed E-state index contributed by atoms with van der Waals surface area (Å²) < 4.78 is 11.1. The molecule has 54 valence electrons. The molecule has 0 spiro atoms. The Morgan fingerprint density at radius 1 is 1.67 bits per heavy atom. The number of carbonyl (C=O) groups is 1. The molecule has 0 heterocycles. The first-order valence-electron chi connectivity index (χ1n) is 2.37. The monoisotopic (exact) mass is 151 g/mol. The number of hydrogen-bond acceptors (Lipinski definition) is 4. The van der Waals surface area contributed by atoms with E-state index < -0.39 is 6.09 Å². The highest BCUT2D eigenvalue weighted by molar-refractivity contribution is 7.78. The van der Waals surface area contributed by atoms with Crippen LogP contribution in [0.3, 0.4) is 0 Å². The molecule has 9 heavy (non-hydrogen) atoms. The van der Waals surface area contributed by atoms with Crippen molar-refractivity contribution in [2.45, 2.75) is 0 Å². The summed E-state index contributed by atoms with van der Waals surface area (Å²) in [4.78, 5) is 10.2. The second-order valence-corrected chi connectivity index (χ2v) is 1.46. The summed E-state index contributed by atoms with van der Waals surface area (Å²) in [6.07, 6.45) is -0.560. The van der Waals surface area contributed by atoms with Gasteiger partial charge in [0.25, 0.3) is 0 Å². The van der Waals surface area contributed by atoms with Crippen LogP contribution in [0, 0.1) is 0 Å². The van der Waals surface area contributed by atoms with E-state index in [0.29, 0.717) is 6.61 Å². The largest absolute Gasteiger partial charge is 0.447 e. The Kier molecular flexibility index (Phi) is 5.45. The van der Waals surface area contributed by atoms with E-state index in [1.54, 1.807) is 0 Å². The lowest BCUT2D eigenvalue weighted by Gasteiger charge is -2.00. The zero-order valence-corrected chi connectivity index (χ0v) is 5.98. The summed E-state index contributed by atoms with van der Waals surface area (Å²) in [5.41, 5.74) is 0. The molecule has 4 nitrogen and oxygen atoms in total. The molecule has 0 atom stereocenters. The number of thiol groups is 1. The van der Waals surface area contributed by atoms with Gasteiger partial charge in [-0.3, -0.25) is 4.72 Å². The number of amides is 1. The van der Waals surface area contributed by atoms with E-state index in [-0.39, 0.29) is 6.61 Å². The van der Waals surface area contributed by atoms with Gasteiger partial charge in [-0.05, 0) is 0 Å². The number of rotatable bonds is 3. The lowest BCUT2D eigenvalue weighted by Crippen LogP contribution is -2.16. The van der Waals surface area contributed by atoms with Crippen molar-refractivity contribution in [3.8, 4) is 0 Å². The lowest BCUT2D eigenvalue weighted by atomic mass is 10.8. The van der Waals surface area contributed by atoms with Crippen LogP contribution in [0.15, 0.2) is 0 Å². The maximum absolute atomic E-state index is 10.2. The molecule has 0 aliphatic carbocycles. The zero-order valence-electron chi connectivity index (χ0n) is 5.09. The van der Waals surface area contributed by atoms with Crippen molar-refractivity contribution in [2.24, 2.45) is 0 Å². The normalized spacial score (nSPS) is 8.67. The predicted octanol–water partition coefficient (Wildman–Crippen LogP) is 0.204. The maximum atomic E-state index is 10.2. The molecule has 5 heteroatoms. The minimum Gasteiger partial charge on any atom is -0.447 e. The van der Waals surface area contributed by atoms with Gasteiger partial charge in [0.05, 0.1) is 6.61 Å². The van der Waals surface area contributed by atoms with Crippen LogP contribution < -0.4 is 4.72 Å². The third-order valence-electron chi connectivity index (χ3n) is 0.612. The molecule has 0 saturated heterocycles. The Morgan fingerprint density at radius 3 is 2.78 bits per heavy atom.